The molecule has 0 bridgehead atoms. The maximum absolute atomic E-state index is 12.5. The molecule has 1 N–H and O–H groups in total. The Balaban J connectivity index is 1.51. The number of likely N-dealkylation sites (tertiary alicyclic amines) is 1. The van der Waals surface area contributed by atoms with Crippen LogP contribution in [0.2, 0.25) is 0 Å². The summed E-state index contributed by atoms with van der Waals surface area (Å²) in [6, 6.07) is 7.52. The Morgan fingerprint density at radius 2 is 1.96 bits per heavy atom. The summed E-state index contributed by atoms with van der Waals surface area (Å²) in [5.74, 6) is 1.60. The van der Waals surface area contributed by atoms with Crippen LogP contribution in [0.5, 0.6) is 17.5 Å². The third-order valence-electron chi connectivity index (χ3n) is 4.36. The lowest BCUT2D eigenvalue weighted by Gasteiger charge is -2.32. The van der Waals surface area contributed by atoms with Crippen LogP contribution in [0.15, 0.2) is 36.7 Å². The molecule has 2 amide bonds. The van der Waals surface area contributed by atoms with E-state index in [4.69, 9.17) is 14.2 Å². The Labute approximate surface area is 158 Å². The topological polar surface area (TPSA) is 85.8 Å². The molecule has 0 radical (unpaired) electrons. The molecule has 27 heavy (non-hydrogen) atoms. The van der Waals surface area contributed by atoms with Gasteiger partial charge in [0.25, 0.3) is 0 Å². The van der Waals surface area contributed by atoms with Crippen molar-refractivity contribution in [3.05, 3.63) is 42.2 Å². The van der Waals surface area contributed by atoms with Gasteiger partial charge in [0.05, 0.1) is 33.2 Å². The maximum Gasteiger partial charge on any atom is 0.317 e. The van der Waals surface area contributed by atoms with Crippen molar-refractivity contribution >= 4 is 6.03 Å². The zero-order valence-electron chi connectivity index (χ0n) is 15.6. The fourth-order valence-corrected chi connectivity index (χ4v) is 2.91. The van der Waals surface area contributed by atoms with Crippen LogP contribution in [0.1, 0.15) is 18.4 Å². The second-order valence-corrected chi connectivity index (χ2v) is 6.23. The van der Waals surface area contributed by atoms with E-state index in [-0.39, 0.29) is 12.1 Å². The first-order valence-electron chi connectivity index (χ1n) is 8.86. The van der Waals surface area contributed by atoms with Crippen molar-refractivity contribution in [1.82, 2.24) is 20.2 Å². The van der Waals surface area contributed by atoms with Crippen molar-refractivity contribution in [1.29, 1.82) is 0 Å². The van der Waals surface area contributed by atoms with Crippen molar-refractivity contribution in [3.8, 4) is 17.5 Å². The fourth-order valence-electron chi connectivity index (χ4n) is 2.91. The summed E-state index contributed by atoms with van der Waals surface area (Å²) in [5.41, 5.74) is 1.01. The molecule has 0 aliphatic carbocycles. The minimum Gasteiger partial charge on any atom is -0.497 e. The standard InChI is InChI=1S/C19H24N4O4/c1-25-15-7-5-14(6-8-15)10-21-19(24)23-9-3-4-16(13-23)27-18-12-20-11-17(22-18)26-2/h5-8,11-12,16H,3-4,9-10,13H2,1-2H3,(H,21,24). The summed E-state index contributed by atoms with van der Waals surface area (Å²) in [6.07, 6.45) is 4.68. The van der Waals surface area contributed by atoms with Crippen LogP contribution in [-0.2, 0) is 6.54 Å². The molecule has 8 nitrogen and oxygen atoms in total. The summed E-state index contributed by atoms with van der Waals surface area (Å²) < 4.78 is 16.1. The number of hydrogen-bond donors (Lipinski definition) is 1. The number of piperidine rings is 1. The van der Waals surface area contributed by atoms with Crippen LogP contribution in [-0.4, -0.2) is 54.3 Å². The number of ether oxygens (including phenoxy) is 3. The number of aromatic nitrogens is 2. The van der Waals surface area contributed by atoms with Crippen molar-refractivity contribution in [2.45, 2.75) is 25.5 Å². The molecule has 144 valence electrons. The minimum absolute atomic E-state index is 0.101. The molecule has 0 spiro atoms. The SMILES string of the molecule is COc1ccc(CNC(=O)N2CCCC(Oc3cncc(OC)n3)C2)cc1. The molecule has 1 unspecified atom stereocenters. The molecular formula is C19H24N4O4. The Morgan fingerprint density at radius 3 is 2.70 bits per heavy atom. The lowest BCUT2D eigenvalue weighted by Crippen LogP contribution is -2.48. The Hall–Kier alpha value is -3.03. The van der Waals surface area contributed by atoms with E-state index in [0.29, 0.717) is 31.4 Å². The highest BCUT2D eigenvalue weighted by atomic mass is 16.5. The largest absolute Gasteiger partial charge is 0.497 e. The Morgan fingerprint density at radius 1 is 1.19 bits per heavy atom. The molecule has 1 atom stereocenters. The molecule has 0 saturated carbocycles. The number of rotatable bonds is 6. The van der Waals surface area contributed by atoms with Gasteiger partial charge in [-0.15, -0.1) is 0 Å². The molecule has 1 aromatic carbocycles. The maximum atomic E-state index is 12.5. The van der Waals surface area contributed by atoms with Gasteiger partial charge in [0.15, 0.2) is 0 Å². The van der Waals surface area contributed by atoms with E-state index in [2.05, 4.69) is 15.3 Å². The lowest BCUT2D eigenvalue weighted by molar-refractivity contribution is 0.0968. The summed E-state index contributed by atoms with van der Waals surface area (Å²) in [6.45, 7) is 1.68. The van der Waals surface area contributed by atoms with E-state index in [1.54, 1.807) is 18.2 Å². The van der Waals surface area contributed by atoms with Crippen molar-refractivity contribution in [3.63, 3.8) is 0 Å². The number of nitrogens with zero attached hydrogens (tertiary/aromatic N) is 3. The van der Waals surface area contributed by atoms with E-state index >= 15 is 0 Å². The van der Waals surface area contributed by atoms with Crippen LogP contribution in [0, 0.1) is 0 Å². The quantitative estimate of drug-likeness (QED) is 0.837. The van der Waals surface area contributed by atoms with Crippen LogP contribution >= 0.6 is 0 Å². The van der Waals surface area contributed by atoms with Gasteiger partial charge in [-0.1, -0.05) is 12.1 Å². The first-order valence-corrected chi connectivity index (χ1v) is 8.86. The monoisotopic (exact) mass is 372 g/mol. The number of carbonyl (C=O) groups excluding carboxylic acids is 1. The number of hydrogen-bond acceptors (Lipinski definition) is 6. The third-order valence-corrected chi connectivity index (χ3v) is 4.36. The number of methoxy groups -OCH3 is 2. The molecule has 1 aliphatic rings. The number of urea groups is 1. The van der Waals surface area contributed by atoms with Crippen molar-refractivity contribution < 1.29 is 19.0 Å². The predicted octanol–water partition coefficient (Wildman–Crippen LogP) is 2.25. The second-order valence-electron chi connectivity index (χ2n) is 6.23. The van der Waals surface area contributed by atoms with Crippen LogP contribution in [0.3, 0.4) is 0 Å². The highest BCUT2D eigenvalue weighted by molar-refractivity contribution is 5.74. The zero-order valence-corrected chi connectivity index (χ0v) is 15.6. The Bertz CT molecular complexity index is 754. The molecule has 3 rings (SSSR count). The summed E-state index contributed by atoms with van der Waals surface area (Å²) in [4.78, 5) is 22.5. The zero-order chi connectivity index (χ0) is 19.1. The van der Waals surface area contributed by atoms with Gasteiger partial charge < -0.3 is 24.4 Å². The predicted molar refractivity (Wildman–Crippen MR) is 99.0 cm³/mol. The highest BCUT2D eigenvalue weighted by Crippen LogP contribution is 2.18. The lowest BCUT2D eigenvalue weighted by atomic mass is 10.1. The molecular weight excluding hydrogens is 348 g/mol. The molecule has 8 heteroatoms. The molecule has 2 heterocycles. The number of nitrogens with one attached hydrogen (secondary N) is 1. The third kappa shape index (κ3) is 5.22. The van der Waals surface area contributed by atoms with Gasteiger partial charge in [-0.2, -0.15) is 4.98 Å². The van der Waals surface area contributed by atoms with E-state index in [1.165, 1.54) is 13.3 Å². The van der Waals surface area contributed by atoms with E-state index < -0.39 is 0 Å². The van der Waals surface area contributed by atoms with Crippen molar-refractivity contribution in [2.75, 3.05) is 27.3 Å². The average molecular weight is 372 g/mol. The van der Waals surface area contributed by atoms with Gasteiger partial charge >= 0.3 is 6.03 Å². The van der Waals surface area contributed by atoms with Gasteiger partial charge in [0, 0.05) is 13.1 Å². The van der Waals surface area contributed by atoms with E-state index in [1.807, 2.05) is 24.3 Å². The normalized spacial score (nSPS) is 16.5. The highest BCUT2D eigenvalue weighted by Gasteiger charge is 2.25. The first kappa shape index (κ1) is 18.8. The van der Waals surface area contributed by atoms with E-state index in [9.17, 15) is 4.79 Å². The van der Waals surface area contributed by atoms with Gasteiger partial charge in [-0.05, 0) is 30.5 Å². The van der Waals surface area contributed by atoms with Crippen LogP contribution in [0.4, 0.5) is 4.79 Å². The Kier molecular flexibility index (Phi) is 6.30. The molecule has 1 aliphatic heterocycles. The van der Waals surface area contributed by atoms with Crippen molar-refractivity contribution in [2.24, 2.45) is 0 Å². The number of amides is 2. The minimum atomic E-state index is -0.119. The molecule has 2 aromatic rings. The first-order chi connectivity index (χ1) is 13.2. The summed E-state index contributed by atoms with van der Waals surface area (Å²) >= 11 is 0. The molecule has 1 saturated heterocycles. The van der Waals surface area contributed by atoms with Crippen LogP contribution in [0.25, 0.3) is 0 Å². The number of carbonyl (C=O) groups is 1. The van der Waals surface area contributed by atoms with Gasteiger partial charge in [0.2, 0.25) is 11.8 Å². The van der Waals surface area contributed by atoms with Gasteiger partial charge in [-0.25, -0.2) is 4.79 Å². The van der Waals surface area contributed by atoms with Gasteiger partial charge in [0.1, 0.15) is 11.9 Å². The molecule has 1 aromatic heterocycles. The fraction of sp³-hybridized carbons (Fsp3) is 0.421. The smallest absolute Gasteiger partial charge is 0.317 e. The van der Waals surface area contributed by atoms with Gasteiger partial charge in [-0.3, -0.25) is 4.98 Å². The van der Waals surface area contributed by atoms with Crippen LogP contribution < -0.4 is 19.5 Å². The van der Waals surface area contributed by atoms with E-state index in [0.717, 1.165) is 24.2 Å². The number of benzene rings is 1. The average Bonchev–Trinajstić information content (AvgIpc) is 2.72. The molecule has 1 fully saturated rings. The summed E-state index contributed by atoms with van der Waals surface area (Å²) in [7, 11) is 3.16. The summed E-state index contributed by atoms with van der Waals surface area (Å²) in [5, 5.41) is 2.95. The second kappa shape index (κ2) is 9.07.